The van der Waals surface area contributed by atoms with E-state index >= 15 is 0 Å². The first-order chi connectivity index (χ1) is 18.4. The van der Waals surface area contributed by atoms with E-state index in [0.717, 1.165) is 0 Å². The predicted molar refractivity (Wildman–Crippen MR) is 180 cm³/mol. The van der Waals surface area contributed by atoms with Crippen LogP contribution in [0.3, 0.4) is 0 Å². The number of hydrogen-bond acceptors (Lipinski definition) is 0. The predicted octanol–water partition coefficient (Wildman–Crippen LogP) is 12.1. The molecule has 0 nitrogen and oxygen atoms in total. The summed E-state index contributed by atoms with van der Waals surface area (Å²) in [6.07, 6.45) is 0. The highest BCUT2D eigenvalue weighted by Gasteiger charge is 2.29. The Morgan fingerprint density at radius 3 is 0.475 bits per heavy atom. The Hall–Kier alpha value is -3.12. The Morgan fingerprint density at radius 2 is 0.375 bits per heavy atom. The van der Waals surface area contributed by atoms with Crippen LogP contribution >= 0.6 is 0 Å². The van der Waals surface area contributed by atoms with Gasteiger partial charge in [0.1, 0.15) is 0 Å². The molecule has 0 aliphatic heterocycles. The van der Waals surface area contributed by atoms with Crippen LogP contribution in [-0.2, 0) is 21.7 Å². The lowest BCUT2D eigenvalue weighted by molar-refractivity contribution is 0.590. The molecule has 0 fully saturated rings. The quantitative estimate of drug-likeness (QED) is 0.185. The summed E-state index contributed by atoms with van der Waals surface area (Å²) in [7, 11) is 0. The Kier molecular flexibility index (Phi) is 4.77. The Balaban J connectivity index is 1.84. The molecule has 0 saturated heterocycles. The average molecular weight is 525 g/mol. The molecule has 0 amide bonds. The van der Waals surface area contributed by atoms with Crippen molar-refractivity contribution in [2.75, 3.05) is 0 Å². The van der Waals surface area contributed by atoms with Crippen molar-refractivity contribution in [2.45, 2.75) is 105 Å². The smallest absolute Gasteiger partial charge is 0.00137 e. The standard InChI is InChI=1S/C40H44/c1-37(2,3)21-13-25-26-14-22(38(4,5)6)19-31-32-20-24(40(10,11)12)16-28-27-15-23(39(7,8)9)18-30(35(27)36(28)32)29(17-21)33(25)34(26)31/h13-20H,1-12H3. The Bertz CT molecular complexity index is 1800. The molecule has 0 bridgehead atoms. The van der Waals surface area contributed by atoms with Gasteiger partial charge in [0.25, 0.3) is 0 Å². The molecule has 0 N–H and O–H groups in total. The summed E-state index contributed by atoms with van der Waals surface area (Å²) in [5.74, 6) is 0. The van der Waals surface area contributed by atoms with Crippen molar-refractivity contribution in [1.82, 2.24) is 0 Å². The van der Waals surface area contributed by atoms with Crippen molar-refractivity contribution < 1.29 is 0 Å². The van der Waals surface area contributed by atoms with Gasteiger partial charge in [0, 0.05) is 0 Å². The first kappa shape index (κ1) is 25.8. The molecule has 0 heteroatoms. The van der Waals surface area contributed by atoms with E-state index in [9.17, 15) is 0 Å². The minimum atomic E-state index is 0.0769. The van der Waals surface area contributed by atoms with E-state index < -0.39 is 0 Å². The summed E-state index contributed by atoms with van der Waals surface area (Å²) in [5, 5.41) is 17.3. The molecular formula is C40H44. The lowest BCUT2D eigenvalue weighted by atomic mass is 9.73. The van der Waals surface area contributed by atoms with Gasteiger partial charge in [0.05, 0.1) is 0 Å². The topological polar surface area (TPSA) is 0 Å². The van der Waals surface area contributed by atoms with Crippen LogP contribution < -0.4 is 0 Å². The van der Waals surface area contributed by atoms with E-state index in [1.807, 2.05) is 0 Å². The summed E-state index contributed by atoms with van der Waals surface area (Å²) in [4.78, 5) is 0. The third-order valence-corrected chi connectivity index (χ3v) is 9.68. The third kappa shape index (κ3) is 3.38. The van der Waals surface area contributed by atoms with E-state index in [2.05, 4.69) is 132 Å². The zero-order chi connectivity index (χ0) is 28.9. The number of rotatable bonds is 0. The molecule has 40 heavy (non-hydrogen) atoms. The fourth-order valence-electron chi connectivity index (χ4n) is 6.95. The third-order valence-electron chi connectivity index (χ3n) is 9.68. The van der Waals surface area contributed by atoms with Crippen molar-refractivity contribution in [1.29, 1.82) is 0 Å². The second-order valence-corrected chi connectivity index (χ2v) is 16.8. The summed E-state index contributed by atoms with van der Waals surface area (Å²) >= 11 is 0. The molecule has 0 aromatic heterocycles. The van der Waals surface area contributed by atoms with Crippen LogP contribution in [0, 0.1) is 0 Å². The van der Waals surface area contributed by atoms with Crippen molar-refractivity contribution in [3.8, 4) is 0 Å². The average Bonchev–Trinajstić information content (AvgIpc) is 2.79. The van der Waals surface area contributed by atoms with Crippen LogP contribution in [0.5, 0.6) is 0 Å². The SMILES string of the molecule is CC(C)(C)c1cc2c3cc(C(C)(C)C)cc4c5cc(C(C)(C)C)cc6c7cc(C(C)(C)C)cc(c(c1)c2c34)c7c65. The lowest BCUT2D eigenvalue weighted by Crippen LogP contribution is -2.14. The van der Waals surface area contributed by atoms with Gasteiger partial charge in [-0.15, -0.1) is 0 Å². The summed E-state index contributed by atoms with van der Waals surface area (Å²) in [5.41, 5.74) is 6.00. The molecule has 0 unspecified atom stereocenters. The Labute approximate surface area is 239 Å². The van der Waals surface area contributed by atoms with E-state index in [-0.39, 0.29) is 21.7 Å². The normalized spacial score (nSPS) is 14.5. The van der Waals surface area contributed by atoms with E-state index in [1.165, 1.54) is 86.9 Å². The molecule has 0 atom stereocenters. The van der Waals surface area contributed by atoms with Gasteiger partial charge in [0.15, 0.2) is 0 Å². The fraction of sp³-hybridized carbons (Fsp3) is 0.400. The molecule has 0 radical (unpaired) electrons. The molecule has 0 spiro atoms. The largest absolute Gasteiger partial charge is 0.0561 e. The van der Waals surface area contributed by atoms with Crippen LogP contribution in [0.15, 0.2) is 48.5 Å². The van der Waals surface area contributed by atoms with Gasteiger partial charge in [0.2, 0.25) is 0 Å². The highest BCUT2D eigenvalue weighted by Crippen LogP contribution is 2.53. The zero-order valence-corrected chi connectivity index (χ0v) is 26.6. The van der Waals surface area contributed by atoms with Crippen LogP contribution in [0.4, 0.5) is 0 Å². The second-order valence-electron chi connectivity index (χ2n) is 16.8. The molecule has 7 aromatic rings. The fourth-order valence-corrected chi connectivity index (χ4v) is 6.95. The molecule has 7 aromatic carbocycles. The number of benzene rings is 4. The highest BCUT2D eigenvalue weighted by molar-refractivity contribution is 6.47. The molecule has 0 aliphatic rings. The van der Waals surface area contributed by atoms with Gasteiger partial charge in [-0.2, -0.15) is 0 Å². The summed E-state index contributed by atoms with van der Waals surface area (Å²) < 4.78 is 0. The van der Waals surface area contributed by atoms with Crippen molar-refractivity contribution in [3.05, 3.63) is 70.8 Å². The lowest BCUT2D eigenvalue weighted by Gasteiger charge is -2.30. The molecule has 0 saturated carbocycles. The maximum absolute atomic E-state index is 2.53. The summed E-state index contributed by atoms with van der Waals surface area (Å²) in [6.45, 7) is 28.2. The monoisotopic (exact) mass is 524 g/mol. The molecule has 0 heterocycles. The molecule has 204 valence electrons. The molecular weight excluding hydrogens is 480 g/mol. The van der Waals surface area contributed by atoms with Gasteiger partial charge < -0.3 is 0 Å². The van der Waals surface area contributed by atoms with Gasteiger partial charge in [-0.05, 0) is 157 Å². The maximum Gasteiger partial charge on any atom is -0.00137 e. The van der Waals surface area contributed by atoms with E-state index in [4.69, 9.17) is 0 Å². The molecule has 0 aliphatic carbocycles. The Morgan fingerprint density at radius 1 is 0.250 bits per heavy atom. The van der Waals surface area contributed by atoms with Gasteiger partial charge in [-0.3, -0.25) is 0 Å². The zero-order valence-electron chi connectivity index (χ0n) is 26.6. The highest BCUT2D eigenvalue weighted by atomic mass is 14.3. The maximum atomic E-state index is 2.53. The van der Waals surface area contributed by atoms with E-state index in [0.29, 0.717) is 0 Å². The summed E-state index contributed by atoms with van der Waals surface area (Å²) in [6, 6.07) is 20.1. The second kappa shape index (κ2) is 7.39. The van der Waals surface area contributed by atoms with Crippen LogP contribution in [0.1, 0.15) is 105 Å². The van der Waals surface area contributed by atoms with Crippen molar-refractivity contribution in [2.24, 2.45) is 0 Å². The van der Waals surface area contributed by atoms with Crippen LogP contribution in [-0.4, -0.2) is 0 Å². The number of fused-ring (bicyclic) bond motifs is 4. The van der Waals surface area contributed by atoms with E-state index in [1.54, 1.807) is 0 Å². The molecule has 7 rings (SSSR count). The van der Waals surface area contributed by atoms with Gasteiger partial charge in [-0.1, -0.05) is 83.1 Å². The first-order valence-electron chi connectivity index (χ1n) is 15.1. The van der Waals surface area contributed by atoms with Crippen molar-refractivity contribution >= 4 is 64.6 Å². The van der Waals surface area contributed by atoms with Crippen LogP contribution in [0.25, 0.3) is 64.6 Å². The van der Waals surface area contributed by atoms with Crippen LogP contribution in [0.2, 0.25) is 0 Å². The van der Waals surface area contributed by atoms with Crippen molar-refractivity contribution in [3.63, 3.8) is 0 Å². The van der Waals surface area contributed by atoms with Gasteiger partial charge in [-0.25, -0.2) is 0 Å². The first-order valence-corrected chi connectivity index (χ1v) is 15.1. The van der Waals surface area contributed by atoms with Gasteiger partial charge >= 0.3 is 0 Å². The minimum absolute atomic E-state index is 0.0769. The number of hydrogen-bond donors (Lipinski definition) is 0. The minimum Gasteiger partial charge on any atom is -0.0561 e.